The van der Waals surface area contributed by atoms with Crippen molar-refractivity contribution in [3.63, 3.8) is 0 Å². The molecule has 16 heavy (non-hydrogen) atoms. The van der Waals surface area contributed by atoms with Crippen LogP contribution in [0.15, 0.2) is 0 Å². The van der Waals surface area contributed by atoms with E-state index in [2.05, 4.69) is 5.32 Å². The number of fused-ring (bicyclic) bond motifs is 1. The molecule has 90 valence electrons. The summed E-state index contributed by atoms with van der Waals surface area (Å²) in [6.45, 7) is 0.920. The molecule has 3 nitrogen and oxygen atoms in total. The van der Waals surface area contributed by atoms with Crippen LogP contribution in [0.3, 0.4) is 0 Å². The number of aliphatic hydroxyl groups excluding tert-OH is 1. The Bertz CT molecular complexity index is 286. The van der Waals surface area contributed by atoms with Crippen LogP contribution in [-0.2, 0) is 4.79 Å². The van der Waals surface area contributed by atoms with Crippen LogP contribution >= 0.6 is 0 Å². The summed E-state index contributed by atoms with van der Waals surface area (Å²) in [5, 5.41) is 12.2. The number of amides is 1. The number of carbonyl (C=O) groups excluding carboxylic acids is 1. The van der Waals surface area contributed by atoms with Gasteiger partial charge in [-0.05, 0) is 37.5 Å². The maximum absolute atomic E-state index is 12.0. The van der Waals surface area contributed by atoms with Crippen molar-refractivity contribution in [2.75, 3.05) is 13.2 Å². The van der Waals surface area contributed by atoms with Gasteiger partial charge in [0, 0.05) is 17.9 Å². The molecule has 0 saturated heterocycles. The summed E-state index contributed by atoms with van der Waals surface area (Å²) < 4.78 is 0. The van der Waals surface area contributed by atoms with Gasteiger partial charge in [-0.25, -0.2) is 0 Å². The fraction of sp³-hybridized carbons (Fsp3) is 0.923. The third-order valence-electron chi connectivity index (χ3n) is 4.89. The van der Waals surface area contributed by atoms with Gasteiger partial charge in [0.1, 0.15) is 0 Å². The average molecular weight is 223 g/mol. The van der Waals surface area contributed by atoms with Crippen LogP contribution in [0.1, 0.15) is 38.5 Å². The normalized spacial score (nSPS) is 38.7. The van der Waals surface area contributed by atoms with Crippen LogP contribution in [0.25, 0.3) is 0 Å². The third kappa shape index (κ3) is 1.75. The Kier molecular flexibility index (Phi) is 2.46. The first-order valence-electron chi connectivity index (χ1n) is 6.64. The fourth-order valence-electron chi connectivity index (χ4n) is 3.34. The van der Waals surface area contributed by atoms with E-state index in [0.717, 1.165) is 12.8 Å². The summed E-state index contributed by atoms with van der Waals surface area (Å²) in [4.78, 5) is 12.0. The van der Waals surface area contributed by atoms with E-state index >= 15 is 0 Å². The number of rotatable bonds is 4. The van der Waals surface area contributed by atoms with Crippen LogP contribution in [-0.4, -0.2) is 24.2 Å². The van der Waals surface area contributed by atoms with Gasteiger partial charge in [-0.3, -0.25) is 4.79 Å². The van der Waals surface area contributed by atoms with Gasteiger partial charge in [0.05, 0.1) is 6.61 Å². The van der Waals surface area contributed by atoms with Crippen molar-refractivity contribution in [1.82, 2.24) is 5.32 Å². The van der Waals surface area contributed by atoms with Gasteiger partial charge < -0.3 is 10.4 Å². The molecule has 0 aromatic carbocycles. The highest BCUT2D eigenvalue weighted by molar-refractivity contribution is 5.82. The second-order valence-electron chi connectivity index (χ2n) is 6.01. The Morgan fingerprint density at radius 3 is 2.38 bits per heavy atom. The quantitative estimate of drug-likeness (QED) is 0.755. The van der Waals surface area contributed by atoms with Gasteiger partial charge in [0.15, 0.2) is 0 Å². The van der Waals surface area contributed by atoms with Crippen molar-refractivity contribution < 1.29 is 9.90 Å². The lowest BCUT2D eigenvalue weighted by Gasteiger charge is -2.12. The van der Waals surface area contributed by atoms with Crippen LogP contribution in [0, 0.1) is 23.2 Å². The van der Waals surface area contributed by atoms with Crippen LogP contribution in [0.4, 0.5) is 0 Å². The first kappa shape index (κ1) is 10.6. The molecule has 0 aromatic rings. The third-order valence-corrected chi connectivity index (χ3v) is 4.89. The highest BCUT2D eigenvalue weighted by Crippen LogP contribution is 2.55. The smallest absolute Gasteiger partial charge is 0.223 e. The molecule has 3 fully saturated rings. The minimum absolute atomic E-state index is 0.0513. The molecule has 0 radical (unpaired) electrons. The predicted molar refractivity (Wildman–Crippen MR) is 60.7 cm³/mol. The van der Waals surface area contributed by atoms with Gasteiger partial charge in [0.25, 0.3) is 0 Å². The Labute approximate surface area is 96.6 Å². The second-order valence-corrected chi connectivity index (χ2v) is 6.01. The first-order valence-corrected chi connectivity index (χ1v) is 6.64. The standard InChI is InChI=1S/C13H21NO2/c15-8-13(5-6-13)7-14-12(16)11-9-3-1-2-4-10(9)11/h9-11,15H,1-8H2,(H,14,16). The molecule has 1 amide bonds. The van der Waals surface area contributed by atoms with E-state index < -0.39 is 0 Å². The van der Waals surface area contributed by atoms with Crippen LogP contribution < -0.4 is 5.32 Å². The van der Waals surface area contributed by atoms with Crippen molar-refractivity contribution in [2.24, 2.45) is 23.2 Å². The van der Waals surface area contributed by atoms with E-state index in [1.807, 2.05) is 0 Å². The van der Waals surface area contributed by atoms with E-state index in [1.54, 1.807) is 0 Å². The van der Waals surface area contributed by atoms with Gasteiger partial charge in [0.2, 0.25) is 5.91 Å². The molecule has 3 saturated carbocycles. The monoisotopic (exact) mass is 223 g/mol. The van der Waals surface area contributed by atoms with Crippen molar-refractivity contribution >= 4 is 5.91 Å². The van der Waals surface area contributed by atoms with E-state index in [4.69, 9.17) is 0 Å². The Morgan fingerprint density at radius 2 is 1.88 bits per heavy atom. The molecule has 2 N–H and O–H groups in total. The number of hydrogen-bond acceptors (Lipinski definition) is 2. The fourth-order valence-corrected chi connectivity index (χ4v) is 3.34. The average Bonchev–Trinajstić information content (AvgIpc) is 3.21. The maximum Gasteiger partial charge on any atom is 0.223 e. The lowest BCUT2D eigenvalue weighted by molar-refractivity contribution is -0.123. The summed E-state index contributed by atoms with van der Waals surface area (Å²) >= 11 is 0. The van der Waals surface area contributed by atoms with Crippen molar-refractivity contribution in [2.45, 2.75) is 38.5 Å². The molecule has 0 bridgehead atoms. The summed E-state index contributed by atoms with van der Waals surface area (Å²) in [6, 6.07) is 0. The molecule has 2 unspecified atom stereocenters. The summed E-state index contributed by atoms with van der Waals surface area (Å²) in [5.41, 5.74) is 0.0513. The van der Waals surface area contributed by atoms with E-state index in [1.165, 1.54) is 25.7 Å². The maximum atomic E-state index is 12.0. The van der Waals surface area contributed by atoms with E-state index in [-0.39, 0.29) is 17.9 Å². The van der Waals surface area contributed by atoms with Crippen LogP contribution in [0.2, 0.25) is 0 Å². The molecule has 3 aliphatic rings. The second kappa shape index (κ2) is 3.73. The van der Waals surface area contributed by atoms with Crippen molar-refractivity contribution in [1.29, 1.82) is 0 Å². The summed E-state index contributed by atoms with van der Waals surface area (Å²) in [5.74, 6) is 1.96. The molecular weight excluding hydrogens is 202 g/mol. The van der Waals surface area contributed by atoms with Gasteiger partial charge in [-0.1, -0.05) is 12.8 Å². The number of aliphatic hydroxyl groups is 1. The molecule has 3 heteroatoms. The SMILES string of the molecule is O=C(NCC1(CO)CC1)C1C2CCCCC21. The van der Waals surface area contributed by atoms with Crippen molar-refractivity contribution in [3.8, 4) is 0 Å². The predicted octanol–water partition coefficient (Wildman–Crippen LogP) is 1.31. The Hall–Kier alpha value is -0.570. The molecule has 0 aromatic heterocycles. The molecule has 3 rings (SSSR count). The van der Waals surface area contributed by atoms with E-state index in [9.17, 15) is 9.90 Å². The molecule has 0 aliphatic heterocycles. The van der Waals surface area contributed by atoms with Crippen molar-refractivity contribution in [3.05, 3.63) is 0 Å². The largest absolute Gasteiger partial charge is 0.396 e. The number of nitrogens with one attached hydrogen (secondary N) is 1. The highest BCUT2D eigenvalue weighted by Gasteiger charge is 2.55. The number of hydrogen-bond donors (Lipinski definition) is 2. The molecule has 2 atom stereocenters. The topological polar surface area (TPSA) is 49.3 Å². The summed E-state index contributed by atoms with van der Waals surface area (Å²) in [7, 11) is 0. The Morgan fingerprint density at radius 1 is 1.25 bits per heavy atom. The molecule has 0 spiro atoms. The minimum atomic E-state index is 0.0513. The lowest BCUT2D eigenvalue weighted by atomic mass is 10.0. The lowest BCUT2D eigenvalue weighted by Crippen LogP contribution is -2.33. The zero-order valence-electron chi connectivity index (χ0n) is 9.74. The van der Waals surface area contributed by atoms with Crippen LogP contribution in [0.5, 0.6) is 0 Å². The number of carbonyl (C=O) groups is 1. The summed E-state index contributed by atoms with van der Waals surface area (Å²) in [6.07, 6.45) is 7.28. The Balaban J connectivity index is 1.47. The molecule has 3 aliphatic carbocycles. The van der Waals surface area contributed by atoms with Gasteiger partial charge >= 0.3 is 0 Å². The minimum Gasteiger partial charge on any atom is -0.396 e. The zero-order chi connectivity index (χ0) is 11.2. The van der Waals surface area contributed by atoms with E-state index in [0.29, 0.717) is 24.3 Å². The zero-order valence-corrected chi connectivity index (χ0v) is 9.74. The van der Waals surface area contributed by atoms with Gasteiger partial charge in [-0.15, -0.1) is 0 Å². The molecule has 0 heterocycles. The highest BCUT2D eigenvalue weighted by atomic mass is 16.3. The first-order chi connectivity index (χ1) is 7.76. The molecular formula is C13H21NO2. The van der Waals surface area contributed by atoms with Gasteiger partial charge in [-0.2, -0.15) is 0 Å².